The Labute approximate surface area is 199 Å². The number of hydrogen-bond acceptors (Lipinski definition) is 0. The SMILES string of the molecule is PP(P)P(P)P(PP(P(P(P)P)P(P)P)P(P(P)P)P(P)P)P(P)P. The second kappa shape index (κ2) is 19.8. The molecule has 0 saturated carbocycles. The van der Waals surface area contributed by atoms with Crippen molar-refractivity contribution in [1.29, 1.82) is 0 Å². The van der Waals surface area contributed by atoms with Crippen LogP contribution < -0.4 is 0 Å². The first kappa shape index (κ1) is 35.8. The van der Waals surface area contributed by atoms with E-state index in [1.807, 2.05) is 0 Å². The minimum Gasteiger partial charge on any atom is -0.102 e. The second-order valence-corrected chi connectivity index (χ2v) is 103. The van der Waals surface area contributed by atoms with E-state index < -0.39 is 0 Å². The minimum absolute atomic E-state index is 0.0110. The lowest BCUT2D eigenvalue weighted by atomic mass is 28.6. The molecule has 16 unspecified atom stereocenters. The van der Waals surface area contributed by atoms with E-state index in [0.717, 1.165) is 0 Å². The van der Waals surface area contributed by atoms with Crippen LogP contribution in [0.5, 0.6) is 0 Å². The molecule has 0 fully saturated rings. The van der Waals surface area contributed by atoms with Gasteiger partial charge in [0, 0.05) is 0 Å². The fourth-order valence-electron chi connectivity index (χ4n) is 1.16. The van der Waals surface area contributed by atoms with Crippen LogP contribution in [-0.2, 0) is 0 Å². The standard InChI is InChI=1S/H27P25/c1-15(2)21(13)22(16(3)4)14-23(24(17(5)6)18(7)8)25(19(9)10)20(11)12/h14H,1-13H2. The van der Waals surface area contributed by atoms with Gasteiger partial charge in [0.15, 0.2) is 0 Å². The van der Waals surface area contributed by atoms with E-state index in [0.29, 0.717) is 0 Å². The van der Waals surface area contributed by atoms with E-state index in [-0.39, 0.29) is 76.9 Å². The predicted molar refractivity (Wildman–Crippen MR) is 211 cm³/mol. The Morgan fingerprint density at radius 2 is 0.680 bits per heavy atom. The number of rotatable bonds is 11. The first-order valence-electron chi connectivity index (χ1n) is 5.60. The summed E-state index contributed by atoms with van der Waals surface area (Å²) in [5.74, 6) is 0. The molecule has 0 aliphatic heterocycles. The first-order valence-corrected chi connectivity index (χ1v) is 50.4. The molecule has 0 aromatic carbocycles. The largest absolute Gasteiger partial charge is 0.102 e. The molecule has 0 saturated heterocycles. The van der Waals surface area contributed by atoms with E-state index >= 15 is 0 Å². The molecule has 25 heteroatoms. The van der Waals surface area contributed by atoms with Crippen LogP contribution in [0.25, 0.3) is 0 Å². The molecule has 0 rings (SSSR count). The highest BCUT2D eigenvalue weighted by Crippen LogP contribution is 3.29. The van der Waals surface area contributed by atoms with Gasteiger partial charge in [-0.15, -0.1) is 116 Å². The molecule has 0 aromatic heterocycles. The normalized spacial score (nSPS) is 16.6. The third kappa shape index (κ3) is 14.5. The first-order chi connectivity index (χ1) is 11.3. The predicted octanol–water partition coefficient (Wildman–Crippen LogP) is 14.3. The fraction of sp³-hybridized carbons (Fsp3) is 0. The zero-order chi connectivity index (χ0) is 20.1. The Kier molecular flexibility index (Phi) is 28.3. The van der Waals surface area contributed by atoms with Gasteiger partial charge in [0.2, 0.25) is 0 Å². The summed E-state index contributed by atoms with van der Waals surface area (Å²) in [6.07, 6.45) is 0. The van der Waals surface area contributed by atoms with Crippen molar-refractivity contribution in [2.24, 2.45) is 0 Å². The molecule has 0 spiro atoms. The molecule has 0 amide bonds. The fourth-order valence-corrected chi connectivity index (χ4v) is 282. The van der Waals surface area contributed by atoms with Gasteiger partial charge in [-0.25, -0.2) is 0 Å². The summed E-state index contributed by atoms with van der Waals surface area (Å²) in [6, 6.07) is 0. The summed E-state index contributed by atoms with van der Waals surface area (Å²) in [5, 5.41) is 0. The van der Waals surface area contributed by atoms with E-state index in [1.54, 1.807) is 0 Å². The van der Waals surface area contributed by atoms with E-state index in [2.05, 4.69) is 116 Å². The highest BCUT2D eigenvalue weighted by Gasteiger charge is 2.40. The molecular formula is H27P25. The molecule has 0 N–H and O–H groups in total. The number of hydrogen-bond donors (Lipinski definition) is 0. The highest BCUT2D eigenvalue weighted by molar-refractivity contribution is 9.35. The quantitative estimate of drug-likeness (QED) is 0.183. The maximum absolute atomic E-state index is 3.29. The van der Waals surface area contributed by atoms with Crippen molar-refractivity contribution in [3.05, 3.63) is 0 Å². The van der Waals surface area contributed by atoms with Gasteiger partial charge >= 0.3 is 0 Å². The molecule has 0 aliphatic carbocycles. The Bertz CT molecular complexity index is 298. The summed E-state index contributed by atoms with van der Waals surface area (Å²) < 4.78 is 0. The lowest BCUT2D eigenvalue weighted by Crippen LogP contribution is -1.55. The molecule has 25 heavy (non-hydrogen) atoms. The smallest absolute Gasteiger partial charge is 0.00561 e. The van der Waals surface area contributed by atoms with Crippen LogP contribution >= 0.6 is 201 Å². The minimum atomic E-state index is 0.0110. The second-order valence-electron chi connectivity index (χ2n) is 3.82. The van der Waals surface area contributed by atoms with E-state index in [9.17, 15) is 0 Å². The third-order valence-electron chi connectivity index (χ3n) is 1.99. The Morgan fingerprint density at radius 3 is 0.880 bits per heavy atom. The molecule has 16 atom stereocenters. The molecule has 0 nitrogen and oxygen atoms in total. The van der Waals surface area contributed by atoms with Crippen molar-refractivity contribution in [2.75, 3.05) is 0 Å². The summed E-state index contributed by atoms with van der Waals surface area (Å²) in [7, 11) is 42.8. The summed E-state index contributed by atoms with van der Waals surface area (Å²) in [4.78, 5) is 0. The third-order valence-corrected chi connectivity index (χ3v) is 161. The molecule has 0 bridgehead atoms. The molecular weight excluding hydrogens is 774 g/mol. The summed E-state index contributed by atoms with van der Waals surface area (Å²) in [5.41, 5.74) is 0. The summed E-state index contributed by atoms with van der Waals surface area (Å²) >= 11 is 0. The summed E-state index contributed by atoms with van der Waals surface area (Å²) in [6.45, 7) is 0.703. The Balaban J connectivity index is 5.92. The van der Waals surface area contributed by atoms with Crippen molar-refractivity contribution >= 4 is 201 Å². The maximum atomic E-state index is 3.29. The van der Waals surface area contributed by atoms with Gasteiger partial charge in [-0.2, -0.15) is 0 Å². The zero-order valence-electron chi connectivity index (χ0n) is 12.9. The lowest BCUT2D eigenvalue weighted by molar-refractivity contribution is 4.51. The van der Waals surface area contributed by atoms with Crippen LogP contribution in [0.15, 0.2) is 0 Å². The van der Waals surface area contributed by atoms with Crippen LogP contribution in [0.2, 0.25) is 0 Å². The van der Waals surface area contributed by atoms with Crippen molar-refractivity contribution in [2.45, 2.75) is 0 Å². The topological polar surface area (TPSA) is 0 Å². The van der Waals surface area contributed by atoms with Crippen LogP contribution in [0.1, 0.15) is 0 Å². The molecule has 0 heterocycles. The van der Waals surface area contributed by atoms with E-state index in [4.69, 9.17) is 0 Å². The van der Waals surface area contributed by atoms with Crippen LogP contribution in [-0.4, -0.2) is 0 Å². The van der Waals surface area contributed by atoms with Crippen LogP contribution in [0, 0.1) is 0 Å². The van der Waals surface area contributed by atoms with Crippen molar-refractivity contribution in [1.82, 2.24) is 0 Å². The van der Waals surface area contributed by atoms with E-state index in [1.165, 1.54) is 7.96 Å². The Morgan fingerprint density at radius 1 is 0.360 bits per heavy atom. The van der Waals surface area contributed by atoms with Crippen LogP contribution in [0.4, 0.5) is 0 Å². The molecule has 0 aliphatic rings. The van der Waals surface area contributed by atoms with Crippen LogP contribution in [0.3, 0.4) is 0 Å². The van der Waals surface area contributed by atoms with Gasteiger partial charge in [0.1, 0.15) is 0 Å². The Hall–Kier alpha value is 10.7. The van der Waals surface area contributed by atoms with Gasteiger partial charge in [-0.05, 0) is 84.8 Å². The average molecular weight is 802 g/mol. The van der Waals surface area contributed by atoms with Gasteiger partial charge in [0.05, 0.1) is 0 Å². The monoisotopic (exact) mass is 802 g/mol. The van der Waals surface area contributed by atoms with Gasteiger partial charge in [-0.1, -0.05) is 0 Å². The molecule has 0 radical (unpaired) electrons. The van der Waals surface area contributed by atoms with Crippen molar-refractivity contribution in [3.63, 3.8) is 0 Å². The lowest BCUT2D eigenvalue weighted by Gasteiger charge is -2.44. The maximum Gasteiger partial charge on any atom is -0.00561 e. The zero-order valence-corrected chi connectivity index (χ0v) is 38.8. The molecule has 152 valence electrons. The van der Waals surface area contributed by atoms with Gasteiger partial charge < -0.3 is 0 Å². The highest BCUT2D eigenvalue weighted by atomic mass is 33.4. The van der Waals surface area contributed by atoms with Crippen molar-refractivity contribution in [3.8, 4) is 0 Å². The van der Waals surface area contributed by atoms with Gasteiger partial charge in [0.25, 0.3) is 0 Å². The molecule has 0 aromatic rings. The van der Waals surface area contributed by atoms with Gasteiger partial charge in [-0.3, -0.25) is 0 Å². The van der Waals surface area contributed by atoms with Crippen molar-refractivity contribution < 1.29 is 0 Å². The average Bonchev–Trinajstić information content (AvgIpc) is 2.41.